The van der Waals surface area contributed by atoms with Gasteiger partial charge in [0.2, 0.25) is 0 Å². The highest BCUT2D eigenvalue weighted by Gasteiger charge is 2.07. The van der Waals surface area contributed by atoms with E-state index in [9.17, 15) is 4.79 Å². The number of H-pyrrole nitrogens is 1. The van der Waals surface area contributed by atoms with E-state index in [0.29, 0.717) is 17.9 Å². The zero-order valence-corrected chi connectivity index (χ0v) is 8.90. The lowest BCUT2D eigenvalue weighted by atomic mass is 10.3. The normalized spacial score (nSPS) is 10.3. The summed E-state index contributed by atoms with van der Waals surface area (Å²) in [7, 11) is 1.83. The second-order valence-corrected chi connectivity index (χ2v) is 3.48. The van der Waals surface area contributed by atoms with Gasteiger partial charge in [0.15, 0.2) is 0 Å². The van der Waals surface area contributed by atoms with Crippen LogP contribution in [0.3, 0.4) is 0 Å². The summed E-state index contributed by atoms with van der Waals surface area (Å²) in [6.45, 7) is 0.439. The zero-order chi connectivity index (χ0) is 11.5. The van der Waals surface area contributed by atoms with Crippen molar-refractivity contribution >= 4 is 11.6 Å². The molecule has 0 aliphatic rings. The molecular weight excluding hydrogens is 206 g/mol. The fourth-order valence-corrected chi connectivity index (χ4v) is 1.38. The third kappa shape index (κ3) is 2.05. The van der Waals surface area contributed by atoms with Crippen molar-refractivity contribution in [2.75, 3.05) is 5.73 Å². The number of hydrogen-bond donors (Lipinski definition) is 3. The molecule has 4 N–H and O–H groups in total. The standard InChI is InChI=1S/C10H13N5O/c1-15-8(2-3-14-15)6-13-10(16)9-4-7(11)5-12-9/h2-5,12H,6,11H2,1H3,(H,13,16). The fraction of sp³-hybridized carbons (Fsp3) is 0.200. The number of anilines is 1. The van der Waals surface area contributed by atoms with E-state index in [1.807, 2.05) is 13.1 Å². The minimum atomic E-state index is -0.182. The van der Waals surface area contributed by atoms with Gasteiger partial charge in [-0.15, -0.1) is 0 Å². The number of aromatic nitrogens is 3. The van der Waals surface area contributed by atoms with Crippen LogP contribution in [0.25, 0.3) is 0 Å². The Kier molecular flexibility index (Phi) is 2.63. The van der Waals surface area contributed by atoms with Crippen LogP contribution in [0.15, 0.2) is 24.5 Å². The van der Waals surface area contributed by atoms with Gasteiger partial charge < -0.3 is 16.0 Å². The second-order valence-electron chi connectivity index (χ2n) is 3.48. The minimum Gasteiger partial charge on any atom is -0.397 e. The average molecular weight is 219 g/mol. The Bertz CT molecular complexity index is 499. The van der Waals surface area contributed by atoms with Crippen LogP contribution in [-0.2, 0) is 13.6 Å². The van der Waals surface area contributed by atoms with Crippen LogP contribution in [0.5, 0.6) is 0 Å². The van der Waals surface area contributed by atoms with Gasteiger partial charge in [-0.1, -0.05) is 0 Å². The Hall–Kier alpha value is -2.24. The largest absolute Gasteiger partial charge is 0.397 e. The van der Waals surface area contributed by atoms with Crippen LogP contribution < -0.4 is 11.1 Å². The van der Waals surface area contributed by atoms with E-state index in [1.165, 1.54) is 0 Å². The zero-order valence-electron chi connectivity index (χ0n) is 8.90. The van der Waals surface area contributed by atoms with Crippen LogP contribution in [0.1, 0.15) is 16.2 Å². The molecule has 0 fully saturated rings. The Morgan fingerprint density at radius 3 is 3.06 bits per heavy atom. The average Bonchev–Trinajstić information content (AvgIpc) is 2.84. The van der Waals surface area contributed by atoms with Gasteiger partial charge in [-0.05, 0) is 12.1 Å². The van der Waals surface area contributed by atoms with Gasteiger partial charge in [0, 0.05) is 25.1 Å². The third-order valence-electron chi connectivity index (χ3n) is 2.30. The highest BCUT2D eigenvalue weighted by molar-refractivity contribution is 5.93. The molecule has 6 heteroatoms. The first kappa shape index (κ1) is 10.3. The van der Waals surface area contributed by atoms with Crippen molar-refractivity contribution in [3.8, 4) is 0 Å². The summed E-state index contributed by atoms with van der Waals surface area (Å²) >= 11 is 0. The van der Waals surface area contributed by atoms with Crippen molar-refractivity contribution in [1.29, 1.82) is 0 Å². The number of nitrogens with one attached hydrogen (secondary N) is 2. The van der Waals surface area contributed by atoms with E-state index in [1.54, 1.807) is 23.1 Å². The molecule has 2 aromatic heterocycles. The molecule has 1 amide bonds. The molecule has 2 rings (SSSR count). The van der Waals surface area contributed by atoms with E-state index >= 15 is 0 Å². The van der Waals surface area contributed by atoms with Crippen LogP contribution >= 0.6 is 0 Å². The predicted octanol–water partition coefficient (Wildman–Crippen LogP) is 0.260. The van der Waals surface area contributed by atoms with E-state index in [0.717, 1.165) is 5.69 Å². The maximum atomic E-state index is 11.6. The first-order valence-electron chi connectivity index (χ1n) is 4.86. The lowest BCUT2D eigenvalue weighted by molar-refractivity contribution is 0.0945. The number of carbonyl (C=O) groups excluding carboxylic acids is 1. The maximum absolute atomic E-state index is 11.6. The van der Waals surface area contributed by atoms with Crippen LogP contribution in [0.4, 0.5) is 5.69 Å². The molecule has 2 heterocycles. The molecule has 16 heavy (non-hydrogen) atoms. The van der Waals surface area contributed by atoms with Gasteiger partial charge in [0.1, 0.15) is 5.69 Å². The number of nitrogen functional groups attached to an aromatic ring is 1. The number of nitrogens with two attached hydrogens (primary N) is 1. The Balaban J connectivity index is 1.96. The highest BCUT2D eigenvalue weighted by atomic mass is 16.1. The van der Waals surface area contributed by atoms with Crippen molar-refractivity contribution in [3.05, 3.63) is 35.9 Å². The van der Waals surface area contributed by atoms with Crippen molar-refractivity contribution in [2.24, 2.45) is 7.05 Å². The van der Waals surface area contributed by atoms with Gasteiger partial charge in [0.05, 0.1) is 12.2 Å². The van der Waals surface area contributed by atoms with Crippen LogP contribution in [-0.4, -0.2) is 20.7 Å². The number of amides is 1. The first-order valence-corrected chi connectivity index (χ1v) is 4.86. The Labute approximate surface area is 92.5 Å². The highest BCUT2D eigenvalue weighted by Crippen LogP contribution is 2.04. The Morgan fingerprint density at radius 2 is 2.50 bits per heavy atom. The summed E-state index contributed by atoms with van der Waals surface area (Å²) in [5.74, 6) is -0.182. The lowest BCUT2D eigenvalue weighted by Crippen LogP contribution is -2.24. The van der Waals surface area contributed by atoms with Crippen molar-refractivity contribution in [2.45, 2.75) is 6.54 Å². The number of carbonyl (C=O) groups is 1. The molecule has 0 bridgehead atoms. The molecule has 0 aliphatic heterocycles. The van der Waals surface area contributed by atoms with Crippen molar-refractivity contribution in [3.63, 3.8) is 0 Å². The fourth-order valence-electron chi connectivity index (χ4n) is 1.38. The van der Waals surface area contributed by atoms with E-state index in [-0.39, 0.29) is 5.91 Å². The molecule has 84 valence electrons. The lowest BCUT2D eigenvalue weighted by Gasteiger charge is -2.03. The van der Waals surface area contributed by atoms with Gasteiger partial charge in [0.25, 0.3) is 5.91 Å². The molecule has 0 aliphatic carbocycles. The SMILES string of the molecule is Cn1nccc1CNC(=O)c1cc(N)c[nH]1. The summed E-state index contributed by atoms with van der Waals surface area (Å²) < 4.78 is 1.71. The van der Waals surface area contributed by atoms with E-state index in [4.69, 9.17) is 5.73 Å². The summed E-state index contributed by atoms with van der Waals surface area (Å²) in [5, 5.41) is 6.78. The molecule has 0 saturated carbocycles. The van der Waals surface area contributed by atoms with Gasteiger partial charge in [-0.25, -0.2) is 0 Å². The van der Waals surface area contributed by atoms with Crippen LogP contribution in [0.2, 0.25) is 0 Å². The predicted molar refractivity (Wildman–Crippen MR) is 59.6 cm³/mol. The van der Waals surface area contributed by atoms with Crippen LogP contribution in [0, 0.1) is 0 Å². The number of rotatable bonds is 3. The summed E-state index contributed by atoms with van der Waals surface area (Å²) in [4.78, 5) is 14.4. The molecule has 0 atom stereocenters. The minimum absolute atomic E-state index is 0.182. The molecule has 0 aromatic carbocycles. The summed E-state index contributed by atoms with van der Waals surface area (Å²) in [5.41, 5.74) is 7.45. The quantitative estimate of drug-likeness (QED) is 0.691. The molecule has 0 saturated heterocycles. The molecule has 0 spiro atoms. The third-order valence-corrected chi connectivity index (χ3v) is 2.30. The van der Waals surface area contributed by atoms with E-state index in [2.05, 4.69) is 15.4 Å². The molecular formula is C10H13N5O. The number of hydrogen-bond acceptors (Lipinski definition) is 3. The molecule has 2 aromatic rings. The first-order chi connectivity index (χ1) is 7.66. The molecule has 6 nitrogen and oxygen atoms in total. The monoisotopic (exact) mass is 219 g/mol. The Morgan fingerprint density at radius 1 is 1.69 bits per heavy atom. The second kappa shape index (κ2) is 4.09. The van der Waals surface area contributed by atoms with Crippen molar-refractivity contribution < 1.29 is 4.79 Å². The molecule has 0 radical (unpaired) electrons. The summed E-state index contributed by atoms with van der Waals surface area (Å²) in [6, 6.07) is 3.45. The van der Waals surface area contributed by atoms with Crippen molar-refractivity contribution in [1.82, 2.24) is 20.1 Å². The number of aromatic amines is 1. The number of nitrogens with zero attached hydrogens (tertiary/aromatic N) is 2. The smallest absolute Gasteiger partial charge is 0.268 e. The van der Waals surface area contributed by atoms with Gasteiger partial charge in [-0.2, -0.15) is 5.10 Å². The topological polar surface area (TPSA) is 88.7 Å². The van der Waals surface area contributed by atoms with Gasteiger partial charge in [-0.3, -0.25) is 9.48 Å². The summed E-state index contributed by atoms with van der Waals surface area (Å²) in [6.07, 6.45) is 3.27. The molecule has 0 unspecified atom stereocenters. The van der Waals surface area contributed by atoms with E-state index < -0.39 is 0 Å². The number of aryl methyl sites for hydroxylation is 1. The maximum Gasteiger partial charge on any atom is 0.268 e. The van der Waals surface area contributed by atoms with Gasteiger partial charge >= 0.3 is 0 Å².